The molecule has 1 aliphatic rings. The number of hydrogen-bond donors (Lipinski definition) is 1. The second-order valence-electron chi connectivity index (χ2n) is 5.77. The minimum Gasteiger partial charge on any atom is -0.493 e. The maximum Gasteiger partial charge on any atom is 0.295 e. The van der Waals surface area contributed by atoms with E-state index < -0.39 is 0 Å². The Morgan fingerprint density at radius 2 is 1.64 bits per heavy atom. The van der Waals surface area contributed by atoms with E-state index in [0.29, 0.717) is 27.7 Å². The Morgan fingerprint density at radius 3 is 2.21 bits per heavy atom. The highest BCUT2D eigenvalue weighted by Gasteiger charge is 2.35. The lowest BCUT2D eigenvalue weighted by molar-refractivity contribution is -0.122. The van der Waals surface area contributed by atoms with Crippen LogP contribution in [0.5, 0.6) is 17.2 Å². The molecule has 7 nitrogen and oxygen atoms in total. The van der Waals surface area contributed by atoms with Gasteiger partial charge in [-0.1, -0.05) is 18.2 Å². The SMILES string of the molecule is COc1cc(/C=C2/SC(=O)N(CNc3ccccc3)C2=O)cc(OC)c1OC. The van der Waals surface area contributed by atoms with Crippen molar-refractivity contribution < 1.29 is 23.8 Å². The van der Waals surface area contributed by atoms with Crippen LogP contribution >= 0.6 is 11.8 Å². The summed E-state index contributed by atoms with van der Waals surface area (Å²) < 4.78 is 16.0. The fourth-order valence-electron chi connectivity index (χ4n) is 2.70. The molecule has 0 atom stereocenters. The highest BCUT2D eigenvalue weighted by atomic mass is 32.2. The molecule has 0 saturated carbocycles. The Labute approximate surface area is 167 Å². The van der Waals surface area contributed by atoms with Gasteiger partial charge in [0.15, 0.2) is 11.5 Å². The van der Waals surface area contributed by atoms with Crippen LogP contribution in [-0.2, 0) is 4.79 Å². The number of methoxy groups -OCH3 is 3. The van der Waals surface area contributed by atoms with Crippen molar-refractivity contribution >= 4 is 34.7 Å². The van der Waals surface area contributed by atoms with Crippen molar-refractivity contribution in [2.45, 2.75) is 0 Å². The lowest BCUT2D eigenvalue weighted by Gasteiger charge is -2.14. The number of nitrogens with zero attached hydrogens (tertiary/aromatic N) is 1. The molecule has 1 saturated heterocycles. The van der Waals surface area contributed by atoms with Crippen LogP contribution in [0.1, 0.15) is 5.56 Å². The van der Waals surface area contributed by atoms with E-state index in [4.69, 9.17) is 14.2 Å². The monoisotopic (exact) mass is 400 g/mol. The molecule has 146 valence electrons. The number of carbonyl (C=O) groups is 2. The van der Waals surface area contributed by atoms with Crippen LogP contribution in [0.3, 0.4) is 0 Å². The van der Waals surface area contributed by atoms with Gasteiger partial charge in [-0.25, -0.2) is 0 Å². The van der Waals surface area contributed by atoms with Crippen LogP contribution in [0.25, 0.3) is 6.08 Å². The molecule has 0 spiro atoms. The molecule has 2 aromatic rings. The Bertz CT molecular complexity index is 889. The summed E-state index contributed by atoms with van der Waals surface area (Å²) in [5.41, 5.74) is 1.49. The van der Waals surface area contributed by atoms with Crippen molar-refractivity contribution in [3.05, 3.63) is 52.9 Å². The molecular formula is C20H20N2O5S. The minimum atomic E-state index is -0.354. The molecule has 0 aliphatic carbocycles. The third-order valence-corrected chi connectivity index (χ3v) is 4.98. The van der Waals surface area contributed by atoms with Crippen molar-refractivity contribution in [1.82, 2.24) is 4.90 Å². The number of ether oxygens (including phenoxy) is 3. The number of rotatable bonds is 7. The number of hydrogen-bond acceptors (Lipinski definition) is 7. The summed E-state index contributed by atoms with van der Waals surface area (Å²) in [5.74, 6) is 1.05. The second kappa shape index (κ2) is 8.71. The Balaban J connectivity index is 1.81. The number of benzene rings is 2. The molecule has 1 aliphatic heterocycles. The van der Waals surface area contributed by atoms with Crippen molar-refractivity contribution in [2.75, 3.05) is 33.3 Å². The molecule has 3 rings (SSSR count). The normalized spacial score (nSPS) is 15.1. The van der Waals surface area contributed by atoms with E-state index >= 15 is 0 Å². The number of amides is 2. The first-order valence-electron chi connectivity index (χ1n) is 8.41. The molecule has 1 fully saturated rings. The first kappa shape index (κ1) is 19.6. The molecule has 1 heterocycles. The molecule has 0 unspecified atom stereocenters. The minimum absolute atomic E-state index is 0.0985. The molecule has 1 N–H and O–H groups in total. The summed E-state index contributed by atoms with van der Waals surface area (Å²) in [4.78, 5) is 26.4. The maximum atomic E-state index is 12.7. The van der Waals surface area contributed by atoms with Gasteiger partial charge in [-0.3, -0.25) is 14.5 Å². The first-order chi connectivity index (χ1) is 13.6. The Kier molecular flexibility index (Phi) is 6.10. The summed E-state index contributed by atoms with van der Waals surface area (Å²) in [6.45, 7) is 0.0985. The Hall–Kier alpha value is -3.13. The predicted molar refractivity (Wildman–Crippen MR) is 109 cm³/mol. The molecule has 0 radical (unpaired) electrons. The quantitative estimate of drug-likeness (QED) is 0.708. The number of imide groups is 1. The van der Waals surface area contributed by atoms with E-state index in [9.17, 15) is 9.59 Å². The lowest BCUT2D eigenvalue weighted by Crippen LogP contribution is -2.33. The van der Waals surface area contributed by atoms with Gasteiger partial charge in [-0.05, 0) is 47.7 Å². The van der Waals surface area contributed by atoms with E-state index in [1.165, 1.54) is 26.2 Å². The van der Waals surface area contributed by atoms with E-state index in [-0.39, 0.29) is 17.8 Å². The van der Waals surface area contributed by atoms with E-state index in [0.717, 1.165) is 17.4 Å². The van der Waals surface area contributed by atoms with Gasteiger partial charge < -0.3 is 19.5 Å². The van der Waals surface area contributed by atoms with Crippen LogP contribution in [0.2, 0.25) is 0 Å². The topological polar surface area (TPSA) is 77.1 Å². The van der Waals surface area contributed by atoms with E-state index in [1.54, 1.807) is 18.2 Å². The van der Waals surface area contributed by atoms with Crippen LogP contribution < -0.4 is 19.5 Å². The van der Waals surface area contributed by atoms with Gasteiger partial charge in [0, 0.05) is 5.69 Å². The highest BCUT2D eigenvalue weighted by molar-refractivity contribution is 8.18. The van der Waals surface area contributed by atoms with Gasteiger partial charge in [0.1, 0.15) is 0 Å². The number of para-hydroxylation sites is 1. The summed E-state index contributed by atoms with van der Waals surface area (Å²) in [5, 5.41) is 2.74. The molecule has 2 aromatic carbocycles. The first-order valence-corrected chi connectivity index (χ1v) is 9.23. The van der Waals surface area contributed by atoms with Gasteiger partial charge in [-0.15, -0.1) is 0 Å². The predicted octanol–water partition coefficient (Wildman–Crippen LogP) is 3.82. The number of carbonyl (C=O) groups excluding carboxylic acids is 2. The number of nitrogens with one attached hydrogen (secondary N) is 1. The standard InChI is InChI=1S/C20H20N2O5S/c1-25-15-9-13(10-16(26-2)18(15)27-3)11-17-19(23)22(20(24)28-17)12-21-14-7-5-4-6-8-14/h4-11,21H,12H2,1-3H3/b17-11+. The van der Waals surface area contributed by atoms with Gasteiger partial charge >= 0.3 is 0 Å². The lowest BCUT2D eigenvalue weighted by atomic mass is 10.1. The highest BCUT2D eigenvalue weighted by Crippen LogP contribution is 2.40. The fourth-order valence-corrected chi connectivity index (χ4v) is 3.54. The number of anilines is 1. The maximum absolute atomic E-state index is 12.7. The van der Waals surface area contributed by atoms with E-state index in [1.807, 2.05) is 30.3 Å². The molecule has 8 heteroatoms. The molecule has 0 aromatic heterocycles. The van der Waals surface area contributed by atoms with Gasteiger partial charge in [0.25, 0.3) is 11.1 Å². The average Bonchev–Trinajstić information content (AvgIpc) is 2.98. The van der Waals surface area contributed by atoms with Crippen molar-refractivity contribution in [3.63, 3.8) is 0 Å². The summed E-state index contributed by atoms with van der Waals surface area (Å²) in [6.07, 6.45) is 1.64. The van der Waals surface area contributed by atoms with Gasteiger partial charge in [0.05, 0.1) is 32.9 Å². The molecule has 0 bridgehead atoms. The zero-order valence-corrected chi connectivity index (χ0v) is 16.5. The summed E-state index contributed by atoms with van der Waals surface area (Å²) in [7, 11) is 4.56. The smallest absolute Gasteiger partial charge is 0.295 e. The zero-order chi connectivity index (χ0) is 20.1. The zero-order valence-electron chi connectivity index (χ0n) is 15.7. The van der Waals surface area contributed by atoms with Crippen molar-refractivity contribution in [3.8, 4) is 17.2 Å². The molecule has 2 amide bonds. The molecular weight excluding hydrogens is 380 g/mol. The van der Waals surface area contributed by atoms with Crippen LogP contribution in [-0.4, -0.2) is 44.0 Å². The van der Waals surface area contributed by atoms with Crippen LogP contribution in [0, 0.1) is 0 Å². The fraction of sp³-hybridized carbons (Fsp3) is 0.200. The second-order valence-corrected chi connectivity index (χ2v) is 6.76. The Morgan fingerprint density at radius 1 is 1.00 bits per heavy atom. The van der Waals surface area contributed by atoms with Gasteiger partial charge in [0.2, 0.25) is 5.75 Å². The van der Waals surface area contributed by atoms with Crippen LogP contribution in [0.15, 0.2) is 47.4 Å². The average molecular weight is 400 g/mol. The third kappa shape index (κ3) is 4.07. The third-order valence-electron chi connectivity index (χ3n) is 4.07. The van der Waals surface area contributed by atoms with Gasteiger partial charge in [-0.2, -0.15) is 0 Å². The number of thioether (sulfide) groups is 1. The van der Waals surface area contributed by atoms with Crippen LogP contribution in [0.4, 0.5) is 10.5 Å². The van der Waals surface area contributed by atoms with Crippen molar-refractivity contribution in [2.24, 2.45) is 0 Å². The summed E-state index contributed by atoms with van der Waals surface area (Å²) >= 11 is 0.894. The molecule has 28 heavy (non-hydrogen) atoms. The van der Waals surface area contributed by atoms with Crippen molar-refractivity contribution in [1.29, 1.82) is 0 Å². The van der Waals surface area contributed by atoms with E-state index in [2.05, 4.69) is 5.32 Å². The summed E-state index contributed by atoms with van der Waals surface area (Å²) in [6, 6.07) is 12.8. The largest absolute Gasteiger partial charge is 0.493 e.